The fraction of sp³-hybridized carbons (Fsp3) is 0.700. The zero-order chi connectivity index (χ0) is 9.52. The van der Waals surface area contributed by atoms with Crippen LogP contribution in [0, 0.1) is 5.92 Å². The van der Waals surface area contributed by atoms with Crippen LogP contribution in [0.1, 0.15) is 20.3 Å². The van der Waals surface area contributed by atoms with Crippen molar-refractivity contribution < 1.29 is 0 Å². The summed E-state index contributed by atoms with van der Waals surface area (Å²) in [5.41, 5.74) is 0. The van der Waals surface area contributed by atoms with Gasteiger partial charge in [0.2, 0.25) is 0 Å². The van der Waals surface area contributed by atoms with Crippen LogP contribution in [0.15, 0.2) is 18.5 Å². The maximum Gasteiger partial charge on any atom is 0.0533 e. The Morgan fingerprint density at radius 1 is 1.54 bits per heavy atom. The van der Waals surface area contributed by atoms with Crippen molar-refractivity contribution in [3.05, 3.63) is 18.5 Å². The molecular weight excluding hydrogens is 162 g/mol. The van der Waals surface area contributed by atoms with Gasteiger partial charge in [-0.15, -0.1) is 0 Å². The summed E-state index contributed by atoms with van der Waals surface area (Å²) in [6.07, 6.45) is 5.05. The number of nitrogens with zero attached hydrogens (tertiary/aromatic N) is 2. The zero-order valence-corrected chi connectivity index (χ0v) is 8.53. The summed E-state index contributed by atoms with van der Waals surface area (Å²) < 4.78 is 1.95. The van der Waals surface area contributed by atoms with Crippen LogP contribution in [0.3, 0.4) is 0 Å². The molecule has 1 aromatic heterocycles. The molecule has 1 heterocycles. The Hall–Kier alpha value is -0.830. The minimum atomic E-state index is 0.776. The summed E-state index contributed by atoms with van der Waals surface area (Å²) in [6, 6.07) is 1.95. The summed E-state index contributed by atoms with van der Waals surface area (Å²) in [7, 11) is 0. The summed E-state index contributed by atoms with van der Waals surface area (Å²) in [6.45, 7) is 7.56. The van der Waals surface area contributed by atoms with Gasteiger partial charge < -0.3 is 5.32 Å². The SMILES string of the molecule is CCC(C)CNCCn1cccn1. The Kier molecular flexibility index (Phi) is 4.54. The van der Waals surface area contributed by atoms with E-state index in [-0.39, 0.29) is 0 Å². The number of nitrogens with one attached hydrogen (secondary N) is 1. The van der Waals surface area contributed by atoms with Crippen molar-refractivity contribution in [1.82, 2.24) is 15.1 Å². The number of hydrogen-bond acceptors (Lipinski definition) is 2. The van der Waals surface area contributed by atoms with Gasteiger partial charge in [-0.2, -0.15) is 5.10 Å². The van der Waals surface area contributed by atoms with Crippen molar-refractivity contribution in [2.24, 2.45) is 5.92 Å². The Morgan fingerprint density at radius 2 is 2.38 bits per heavy atom. The van der Waals surface area contributed by atoms with E-state index in [9.17, 15) is 0 Å². The van der Waals surface area contributed by atoms with Gasteiger partial charge in [-0.05, 0) is 18.5 Å². The molecule has 3 nitrogen and oxygen atoms in total. The van der Waals surface area contributed by atoms with Crippen LogP contribution >= 0.6 is 0 Å². The van der Waals surface area contributed by atoms with Crippen LogP contribution < -0.4 is 5.32 Å². The van der Waals surface area contributed by atoms with E-state index in [0.29, 0.717) is 0 Å². The average molecular weight is 181 g/mol. The van der Waals surface area contributed by atoms with Crippen LogP contribution in [0.2, 0.25) is 0 Å². The molecule has 1 aromatic rings. The molecule has 74 valence electrons. The topological polar surface area (TPSA) is 29.9 Å². The summed E-state index contributed by atoms with van der Waals surface area (Å²) >= 11 is 0. The second-order valence-electron chi connectivity index (χ2n) is 3.49. The smallest absolute Gasteiger partial charge is 0.0533 e. The molecule has 0 spiro atoms. The molecule has 0 fully saturated rings. The molecule has 0 aliphatic heterocycles. The Morgan fingerprint density at radius 3 is 3.00 bits per heavy atom. The van der Waals surface area contributed by atoms with Gasteiger partial charge in [0.1, 0.15) is 0 Å². The Bertz CT molecular complexity index is 206. The lowest BCUT2D eigenvalue weighted by atomic mass is 10.1. The highest BCUT2D eigenvalue weighted by molar-refractivity contribution is 4.77. The molecule has 1 atom stereocenters. The fourth-order valence-electron chi connectivity index (χ4n) is 1.12. The maximum atomic E-state index is 4.13. The van der Waals surface area contributed by atoms with E-state index in [4.69, 9.17) is 0 Å². The van der Waals surface area contributed by atoms with Crippen molar-refractivity contribution in [2.45, 2.75) is 26.8 Å². The van der Waals surface area contributed by atoms with Crippen LogP contribution in [0.5, 0.6) is 0 Å². The summed E-state index contributed by atoms with van der Waals surface area (Å²) in [5.74, 6) is 0.776. The van der Waals surface area contributed by atoms with Crippen molar-refractivity contribution >= 4 is 0 Å². The van der Waals surface area contributed by atoms with Crippen molar-refractivity contribution in [3.63, 3.8) is 0 Å². The van der Waals surface area contributed by atoms with Crippen LogP contribution in [-0.4, -0.2) is 22.9 Å². The van der Waals surface area contributed by atoms with E-state index in [1.165, 1.54) is 6.42 Å². The van der Waals surface area contributed by atoms with Gasteiger partial charge >= 0.3 is 0 Å². The third-order valence-corrected chi connectivity index (χ3v) is 2.27. The van der Waals surface area contributed by atoms with E-state index in [1.54, 1.807) is 0 Å². The minimum Gasteiger partial charge on any atom is -0.315 e. The largest absolute Gasteiger partial charge is 0.315 e. The second-order valence-corrected chi connectivity index (χ2v) is 3.49. The maximum absolute atomic E-state index is 4.13. The third kappa shape index (κ3) is 4.08. The summed E-state index contributed by atoms with van der Waals surface area (Å²) in [5, 5.41) is 7.54. The predicted octanol–water partition coefficient (Wildman–Crippen LogP) is 1.52. The van der Waals surface area contributed by atoms with Gasteiger partial charge in [0, 0.05) is 18.9 Å². The molecule has 0 amide bonds. The normalized spacial score (nSPS) is 13.1. The molecule has 0 aliphatic rings. The monoisotopic (exact) mass is 181 g/mol. The van der Waals surface area contributed by atoms with Gasteiger partial charge in [0.15, 0.2) is 0 Å². The predicted molar refractivity (Wildman–Crippen MR) is 54.6 cm³/mol. The van der Waals surface area contributed by atoms with E-state index in [0.717, 1.165) is 25.6 Å². The van der Waals surface area contributed by atoms with E-state index >= 15 is 0 Å². The highest BCUT2D eigenvalue weighted by Gasteiger charge is 1.96. The highest BCUT2D eigenvalue weighted by atomic mass is 15.3. The molecular formula is C10H19N3. The first-order chi connectivity index (χ1) is 6.33. The lowest BCUT2D eigenvalue weighted by Gasteiger charge is -2.09. The van der Waals surface area contributed by atoms with Gasteiger partial charge in [-0.3, -0.25) is 4.68 Å². The first-order valence-electron chi connectivity index (χ1n) is 5.01. The zero-order valence-electron chi connectivity index (χ0n) is 8.53. The van der Waals surface area contributed by atoms with Crippen molar-refractivity contribution in [2.75, 3.05) is 13.1 Å². The van der Waals surface area contributed by atoms with E-state index < -0.39 is 0 Å². The molecule has 0 bridgehead atoms. The molecule has 3 heteroatoms. The van der Waals surface area contributed by atoms with Crippen LogP contribution in [0.4, 0.5) is 0 Å². The van der Waals surface area contributed by atoms with Crippen LogP contribution in [0.25, 0.3) is 0 Å². The summed E-state index contributed by atoms with van der Waals surface area (Å²) in [4.78, 5) is 0. The lowest BCUT2D eigenvalue weighted by Crippen LogP contribution is -2.25. The highest BCUT2D eigenvalue weighted by Crippen LogP contribution is 1.96. The first kappa shape index (κ1) is 10.3. The fourth-order valence-corrected chi connectivity index (χ4v) is 1.12. The van der Waals surface area contributed by atoms with Crippen molar-refractivity contribution in [3.8, 4) is 0 Å². The number of rotatable bonds is 6. The van der Waals surface area contributed by atoms with Crippen molar-refractivity contribution in [1.29, 1.82) is 0 Å². The van der Waals surface area contributed by atoms with Crippen LogP contribution in [-0.2, 0) is 6.54 Å². The molecule has 0 aliphatic carbocycles. The Labute approximate surface area is 80.1 Å². The number of hydrogen-bond donors (Lipinski definition) is 1. The molecule has 0 aromatic carbocycles. The average Bonchev–Trinajstić information content (AvgIpc) is 2.64. The molecule has 0 radical (unpaired) electrons. The van der Waals surface area contributed by atoms with Gasteiger partial charge in [0.05, 0.1) is 6.54 Å². The minimum absolute atomic E-state index is 0.776. The lowest BCUT2D eigenvalue weighted by molar-refractivity contribution is 0.475. The quantitative estimate of drug-likeness (QED) is 0.674. The first-order valence-corrected chi connectivity index (χ1v) is 5.01. The van der Waals surface area contributed by atoms with E-state index in [1.807, 2.05) is 23.1 Å². The van der Waals surface area contributed by atoms with Gasteiger partial charge in [-0.1, -0.05) is 20.3 Å². The van der Waals surface area contributed by atoms with E-state index in [2.05, 4.69) is 24.3 Å². The number of aromatic nitrogens is 2. The molecule has 1 rings (SSSR count). The second kappa shape index (κ2) is 5.75. The third-order valence-electron chi connectivity index (χ3n) is 2.27. The molecule has 13 heavy (non-hydrogen) atoms. The molecule has 0 saturated carbocycles. The standard InChI is InChI=1S/C10H19N3/c1-3-10(2)9-11-6-8-13-7-4-5-12-13/h4-5,7,10-11H,3,6,8-9H2,1-2H3. The molecule has 1 unspecified atom stereocenters. The Balaban J connectivity index is 2.02. The van der Waals surface area contributed by atoms with Gasteiger partial charge in [0.25, 0.3) is 0 Å². The molecule has 1 N–H and O–H groups in total. The molecule has 0 saturated heterocycles. The van der Waals surface area contributed by atoms with Gasteiger partial charge in [-0.25, -0.2) is 0 Å².